The average Bonchev–Trinajstić information content (AvgIpc) is 2.55. The summed E-state index contributed by atoms with van der Waals surface area (Å²) in [6.07, 6.45) is 2.54. The standard InChI is InChI=1S/C17H17N3O/c1-21-14-7-8-15-16(11-14)19-12-20-17(15)18-10-9-13-5-3-2-4-6-13/h2-8,11-12H,9-10H2,1H3,(H,18,19,20). The summed E-state index contributed by atoms with van der Waals surface area (Å²) in [4.78, 5) is 8.62. The molecule has 0 aliphatic rings. The molecule has 3 aromatic rings. The van der Waals surface area contributed by atoms with Crippen LogP contribution in [-0.4, -0.2) is 23.6 Å². The molecule has 0 saturated heterocycles. The summed E-state index contributed by atoms with van der Waals surface area (Å²) in [5.74, 6) is 1.66. The van der Waals surface area contributed by atoms with E-state index in [9.17, 15) is 0 Å². The molecule has 1 heterocycles. The highest BCUT2D eigenvalue weighted by atomic mass is 16.5. The maximum Gasteiger partial charge on any atom is 0.137 e. The van der Waals surface area contributed by atoms with Gasteiger partial charge in [-0.05, 0) is 24.1 Å². The van der Waals surface area contributed by atoms with Gasteiger partial charge in [0, 0.05) is 18.0 Å². The van der Waals surface area contributed by atoms with Crippen molar-refractivity contribution in [2.45, 2.75) is 6.42 Å². The van der Waals surface area contributed by atoms with Crippen LogP contribution in [0.4, 0.5) is 5.82 Å². The molecule has 1 aromatic heterocycles. The zero-order valence-corrected chi connectivity index (χ0v) is 11.9. The van der Waals surface area contributed by atoms with Crippen LogP contribution in [0.3, 0.4) is 0 Å². The molecule has 0 atom stereocenters. The lowest BCUT2D eigenvalue weighted by Crippen LogP contribution is -2.07. The first kappa shape index (κ1) is 13.4. The van der Waals surface area contributed by atoms with E-state index in [0.29, 0.717) is 0 Å². The van der Waals surface area contributed by atoms with E-state index in [-0.39, 0.29) is 0 Å². The van der Waals surface area contributed by atoms with Gasteiger partial charge in [-0.25, -0.2) is 9.97 Å². The summed E-state index contributed by atoms with van der Waals surface area (Å²) >= 11 is 0. The number of hydrogen-bond donors (Lipinski definition) is 1. The van der Waals surface area contributed by atoms with Gasteiger partial charge in [-0.2, -0.15) is 0 Å². The molecule has 21 heavy (non-hydrogen) atoms. The third-order valence-corrected chi connectivity index (χ3v) is 3.39. The molecule has 1 N–H and O–H groups in total. The van der Waals surface area contributed by atoms with Gasteiger partial charge in [-0.3, -0.25) is 0 Å². The van der Waals surface area contributed by atoms with E-state index in [4.69, 9.17) is 4.74 Å². The Morgan fingerprint density at radius 2 is 1.90 bits per heavy atom. The van der Waals surface area contributed by atoms with Crippen molar-refractivity contribution in [1.29, 1.82) is 0 Å². The molecule has 0 unspecified atom stereocenters. The van der Waals surface area contributed by atoms with Gasteiger partial charge in [0.25, 0.3) is 0 Å². The van der Waals surface area contributed by atoms with Crippen molar-refractivity contribution in [1.82, 2.24) is 9.97 Å². The van der Waals surface area contributed by atoms with E-state index in [1.54, 1.807) is 13.4 Å². The van der Waals surface area contributed by atoms with Crippen LogP contribution in [0.25, 0.3) is 10.9 Å². The van der Waals surface area contributed by atoms with Crippen molar-refractivity contribution in [2.75, 3.05) is 19.0 Å². The highest BCUT2D eigenvalue weighted by molar-refractivity contribution is 5.89. The minimum atomic E-state index is 0.802. The summed E-state index contributed by atoms with van der Waals surface area (Å²) in [6, 6.07) is 16.2. The second kappa shape index (κ2) is 6.22. The van der Waals surface area contributed by atoms with Crippen molar-refractivity contribution < 1.29 is 4.74 Å². The Kier molecular flexibility index (Phi) is 3.96. The first-order valence-electron chi connectivity index (χ1n) is 6.93. The Balaban J connectivity index is 1.75. The van der Waals surface area contributed by atoms with Crippen LogP contribution >= 0.6 is 0 Å². The molecule has 0 bridgehead atoms. The number of ether oxygens (including phenoxy) is 1. The van der Waals surface area contributed by atoms with E-state index >= 15 is 0 Å². The van der Waals surface area contributed by atoms with Gasteiger partial charge in [-0.15, -0.1) is 0 Å². The van der Waals surface area contributed by atoms with Crippen molar-refractivity contribution in [2.24, 2.45) is 0 Å². The van der Waals surface area contributed by atoms with Gasteiger partial charge in [-0.1, -0.05) is 30.3 Å². The maximum atomic E-state index is 5.22. The Morgan fingerprint density at radius 3 is 2.71 bits per heavy atom. The van der Waals surface area contributed by atoms with Crippen LogP contribution < -0.4 is 10.1 Å². The number of methoxy groups -OCH3 is 1. The predicted molar refractivity (Wildman–Crippen MR) is 84.7 cm³/mol. The molecule has 0 radical (unpaired) electrons. The first-order valence-corrected chi connectivity index (χ1v) is 6.93. The van der Waals surface area contributed by atoms with E-state index < -0.39 is 0 Å². The minimum absolute atomic E-state index is 0.802. The first-order chi connectivity index (χ1) is 10.4. The number of hydrogen-bond acceptors (Lipinski definition) is 4. The molecule has 0 aliphatic heterocycles. The van der Waals surface area contributed by atoms with Crippen molar-refractivity contribution in [3.8, 4) is 5.75 Å². The van der Waals surface area contributed by atoms with E-state index in [0.717, 1.165) is 35.4 Å². The fourth-order valence-electron chi connectivity index (χ4n) is 2.27. The second-order valence-electron chi connectivity index (χ2n) is 4.77. The minimum Gasteiger partial charge on any atom is -0.497 e. The molecule has 0 amide bonds. The summed E-state index contributed by atoms with van der Waals surface area (Å²) in [5.41, 5.74) is 2.19. The lowest BCUT2D eigenvalue weighted by atomic mass is 10.1. The van der Waals surface area contributed by atoms with Gasteiger partial charge in [0.15, 0.2) is 0 Å². The van der Waals surface area contributed by atoms with Crippen molar-refractivity contribution in [3.05, 3.63) is 60.4 Å². The van der Waals surface area contributed by atoms with Crippen molar-refractivity contribution >= 4 is 16.7 Å². The van der Waals surface area contributed by atoms with Gasteiger partial charge >= 0.3 is 0 Å². The van der Waals surface area contributed by atoms with Crippen LogP contribution in [0.2, 0.25) is 0 Å². The number of fused-ring (bicyclic) bond motifs is 1. The quantitative estimate of drug-likeness (QED) is 0.778. The van der Waals surface area contributed by atoms with E-state index in [1.807, 2.05) is 24.3 Å². The highest BCUT2D eigenvalue weighted by Gasteiger charge is 2.04. The van der Waals surface area contributed by atoms with Crippen LogP contribution in [0.5, 0.6) is 5.75 Å². The molecule has 0 spiro atoms. The van der Waals surface area contributed by atoms with E-state index in [2.05, 4.69) is 39.6 Å². The Morgan fingerprint density at radius 1 is 1.05 bits per heavy atom. The van der Waals surface area contributed by atoms with E-state index in [1.165, 1.54) is 5.56 Å². The zero-order valence-electron chi connectivity index (χ0n) is 11.9. The number of nitrogens with zero attached hydrogens (tertiary/aromatic N) is 2. The van der Waals surface area contributed by atoms with Crippen LogP contribution in [-0.2, 0) is 6.42 Å². The van der Waals surface area contributed by atoms with Crippen LogP contribution in [0.1, 0.15) is 5.56 Å². The number of anilines is 1. The normalized spacial score (nSPS) is 10.5. The summed E-state index contributed by atoms with van der Waals surface area (Å²) in [7, 11) is 1.65. The Bertz CT molecular complexity index is 728. The van der Waals surface area contributed by atoms with Gasteiger partial charge in [0.2, 0.25) is 0 Å². The fraction of sp³-hybridized carbons (Fsp3) is 0.176. The monoisotopic (exact) mass is 279 g/mol. The second-order valence-corrected chi connectivity index (χ2v) is 4.77. The van der Waals surface area contributed by atoms with Crippen molar-refractivity contribution in [3.63, 3.8) is 0 Å². The van der Waals surface area contributed by atoms with Crippen LogP contribution in [0, 0.1) is 0 Å². The molecule has 4 nitrogen and oxygen atoms in total. The molecular formula is C17H17N3O. The third-order valence-electron chi connectivity index (χ3n) is 3.39. The number of benzene rings is 2. The highest BCUT2D eigenvalue weighted by Crippen LogP contribution is 2.23. The summed E-state index contributed by atoms with van der Waals surface area (Å²) < 4.78 is 5.22. The smallest absolute Gasteiger partial charge is 0.137 e. The van der Waals surface area contributed by atoms with Gasteiger partial charge in [0.1, 0.15) is 17.9 Å². The zero-order chi connectivity index (χ0) is 14.5. The summed E-state index contributed by atoms with van der Waals surface area (Å²) in [6.45, 7) is 0.835. The molecule has 0 saturated carbocycles. The largest absolute Gasteiger partial charge is 0.497 e. The molecule has 0 fully saturated rings. The maximum absolute atomic E-state index is 5.22. The van der Waals surface area contributed by atoms with Gasteiger partial charge in [0.05, 0.1) is 12.6 Å². The molecular weight excluding hydrogens is 262 g/mol. The van der Waals surface area contributed by atoms with Gasteiger partial charge < -0.3 is 10.1 Å². The number of nitrogens with one attached hydrogen (secondary N) is 1. The Labute approximate surface area is 123 Å². The SMILES string of the molecule is COc1ccc2c(NCCc3ccccc3)ncnc2c1. The number of rotatable bonds is 5. The van der Waals surface area contributed by atoms with Crippen LogP contribution in [0.15, 0.2) is 54.9 Å². The lowest BCUT2D eigenvalue weighted by Gasteiger charge is -2.09. The molecule has 0 aliphatic carbocycles. The predicted octanol–water partition coefficient (Wildman–Crippen LogP) is 3.29. The lowest BCUT2D eigenvalue weighted by molar-refractivity contribution is 0.415. The molecule has 2 aromatic carbocycles. The Hall–Kier alpha value is -2.62. The fourth-order valence-corrected chi connectivity index (χ4v) is 2.27. The summed E-state index contributed by atoms with van der Waals surface area (Å²) in [5, 5.41) is 4.39. The molecule has 3 rings (SSSR count). The molecule has 4 heteroatoms. The number of aromatic nitrogens is 2. The average molecular weight is 279 g/mol. The third kappa shape index (κ3) is 3.11. The topological polar surface area (TPSA) is 47.0 Å². The molecule has 106 valence electrons.